The van der Waals surface area contributed by atoms with Crippen molar-refractivity contribution in [3.8, 4) is 11.3 Å². The zero-order valence-corrected chi connectivity index (χ0v) is 17.3. The molecule has 0 spiro atoms. The molecule has 0 atom stereocenters. The van der Waals surface area contributed by atoms with Crippen LogP contribution in [0.25, 0.3) is 33.5 Å². The molecule has 0 fully saturated rings. The summed E-state index contributed by atoms with van der Waals surface area (Å²) >= 11 is 0. The number of hydrogen-bond donors (Lipinski definition) is 2. The molecule has 1 aliphatic heterocycles. The molecule has 4 nitrogen and oxygen atoms in total. The van der Waals surface area contributed by atoms with Gasteiger partial charge in [0, 0.05) is 21.9 Å². The summed E-state index contributed by atoms with van der Waals surface area (Å²) in [5.41, 5.74) is 11.8. The zero-order chi connectivity index (χ0) is 21.3. The summed E-state index contributed by atoms with van der Waals surface area (Å²) in [6.45, 7) is 0. The second-order valence-electron chi connectivity index (χ2n) is 7.67. The quantitative estimate of drug-likeness (QED) is 0.354. The minimum absolute atomic E-state index is 0.819. The average molecular weight is 415 g/mol. The summed E-state index contributed by atoms with van der Waals surface area (Å²) in [6, 6.07) is 39.2. The van der Waals surface area contributed by atoms with Crippen molar-refractivity contribution in [3.05, 3.63) is 127 Å². The molecule has 0 amide bonds. The molecule has 0 bridgehead atoms. The number of benzene rings is 4. The summed E-state index contributed by atoms with van der Waals surface area (Å²) in [5, 5.41) is 4.21. The molecular formula is C28H21N3O. The van der Waals surface area contributed by atoms with E-state index in [4.69, 9.17) is 4.42 Å². The van der Waals surface area contributed by atoms with Crippen molar-refractivity contribution in [2.75, 3.05) is 5.01 Å². The fourth-order valence-electron chi connectivity index (χ4n) is 4.21. The van der Waals surface area contributed by atoms with Crippen LogP contribution in [0.15, 0.2) is 120 Å². The zero-order valence-electron chi connectivity index (χ0n) is 17.3. The first kappa shape index (κ1) is 18.5. The van der Waals surface area contributed by atoms with E-state index in [-0.39, 0.29) is 0 Å². The molecule has 32 heavy (non-hydrogen) atoms. The molecule has 1 aliphatic rings. The van der Waals surface area contributed by atoms with Crippen LogP contribution >= 0.6 is 0 Å². The number of furan rings is 1. The first-order valence-electron chi connectivity index (χ1n) is 10.6. The van der Waals surface area contributed by atoms with Crippen molar-refractivity contribution in [2.24, 2.45) is 0 Å². The topological polar surface area (TPSA) is 40.4 Å². The Labute approximate surface area is 186 Å². The maximum atomic E-state index is 6.66. The van der Waals surface area contributed by atoms with Crippen LogP contribution in [0.3, 0.4) is 0 Å². The Kier molecular flexibility index (Phi) is 4.48. The first-order chi connectivity index (χ1) is 15.9. The van der Waals surface area contributed by atoms with E-state index in [0.29, 0.717) is 0 Å². The van der Waals surface area contributed by atoms with Crippen molar-refractivity contribution >= 4 is 27.9 Å². The van der Waals surface area contributed by atoms with Crippen LogP contribution in [0, 0.1) is 0 Å². The first-order valence-corrected chi connectivity index (χ1v) is 10.6. The van der Waals surface area contributed by atoms with Gasteiger partial charge in [-0.05, 0) is 12.1 Å². The van der Waals surface area contributed by atoms with E-state index in [0.717, 1.165) is 50.5 Å². The van der Waals surface area contributed by atoms with Gasteiger partial charge in [-0.15, -0.1) is 5.53 Å². The Morgan fingerprint density at radius 3 is 1.72 bits per heavy atom. The molecule has 2 N–H and O–H groups in total. The van der Waals surface area contributed by atoms with Gasteiger partial charge in [-0.2, -0.15) is 0 Å². The molecule has 6 rings (SSSR count). The Balaban J connectivity index is 1.63. The minimum atomic E-state index is 0.819. The number of nitrogens with zero attached hydrogens (tertiary/aromatic N) is 1. The lowest BCUT2D eigenvalue weighted by molar-refractivity contribution is 0.568. The number of fused-ring (bicyclic) bond motifs is 1. The Morgan fingerprint density at radius 2 is 1.06 bits per heavy atom. The predicted molar refractivity (Wildman–Crippen MR) is 130 cm³/mol. The van der Waals surface area contributed by atoms with Crippen LogP contribution in [0.1, 0.15) is 11.3 Å². The molecule has 1 aromatic heterocycles. The van der Waals surface area contributed by atoms with Crippen LogP contribution < -0.4 is 16.0 Å². The van der Waals surface area contributed by atoms with Gasteiger partial charge in [0.15, 0.2) is 5.76 Å². The maximum absolute atomic E-state index is 6.66. The fourth-order valence-corrected chi connectivity index (χ4v) is 4.21. The van der Waals surface area contributed by atoms with Crippen LogP contribution in [0.2, 0.25) is 0 Å². The molecule has 4 aromatic carbocycles. The van der Waals surface area contributed by atoms with E-state index in [9.17, 15) is 0 Å². The molecule has 2 heterocycles. The highest BCUT2D eigenvalue weighted by molar-refractivity contribution is 6.07. The monoisotopic (exact) mass is 415 g/mol. The van der Waals surface area contributed by atoms with Gasteiger partial charge in [0.25, 0.3) is 0 Å². The number of nitrogens with one attached hydrogen (secondary N) is 2. The molecule has 5 aromatic rings. The molecule has 0 saturated heterocycles. The summed E-state index contributed by atoms with van der Waals surface area (Å²) in [6.07, 6.45) is 0. The van der Waals surface area contributed by atoms with Crippen LogP contribution in [-0.2, 0) is 0 Å². The maximum Gasteiger partial charge on any atom is 0.162 e. The molecular weight excluding hydrogens is 394 g/mol. The Morgan fingerprint density at radius 1 is 0.531 bits per heavy atom. The van der Waals surface area contributed by atoms with E-state index < -0.39 is 0 Å². The second kappa shape index (κ2) is 7.76. The molecule has 4 heteroatoms. The summed E-state index contributed by atoms with van der Waals surface area (Å²) < 4.78 is 6.66. The van der Waals surface area contributed by atoms with E-state index in [1.165, 1.54) is 0 Å². The van der Waals surface area contributed by atoms with Crippen molar-refractivity contribution in [1.29, 1.82) is 0 Å². The van der Waals surface area contributed by atoms with Gasteiger partial charge in [0.1, 0.15) is 11.5 Å². The number of rotatable bonds is 4. The largest absolute Gasteiger partial charge is 0.453 e. The lowest BCUT2D eigenvalue weighted by Crippen LogP contribution is -2.37. The van der Waals surface area contributed by atoms with Crippen LogP contribution in [0.4, 0.5) is 5.69 Å². The van der Waals surface area contributed by atoms with E-state index in [2.05, 4.69) is 71.6 Å². The van der Waals surface area contributed by atoms with E-state index in [1.54, 1.807) is 0 Å². The van der Waals surface area contributed by atoms with Gasteiger partial charge in [-0.1, -0.05) is 103 Å². The smallest absolute Gasteiger partial charge is 0.162 e. The SMILES string of the molecule is c1ccc(C2=C(c3oc(-c4ccccc4)c4ccccc34)N(c3ccccc3)NN2)cc1. The summed E-state index contributed by atoms with van der Waals surface area (Å²) in [4.78, 5) is 0. The Hall–Kier alpha value is -4.28. The molecule has 0 unspecified atom stereocenters. The number of hydrazine groups is 2. The van der Waals surface area contributed by atoms with Crippen molar-refractivity contribution in [1.82, 2.24) is 11.0 Å². The number of hydrogen-bond acceptors (Lipinski definition) is 4. The highest BCUT2D eigenvalue weighted by Gasteiger charge is 2.30. The van der Waals surface area contributed by atoms with E-state index in [1.807, 2.05) is 59.6 Å². The summed E-state index contributed by atoms with van der Waals surface area (Å²) in [7, 11) is 0. The molecule has 0 radical (unpaired) electrons. The van der Waals surface area contributed by atoms with Crippen LogP contribution in [0.5, 0.6) is 0 Å². The van der Waals surface area contributed by atoms with E-state index >= 15 is 0 Å². The minimum Gasteiger partial charge on any atom is -0.453 e. The number of para-hydroxylation sites is 1. The van der Waals surface area contributed by atoms with Gasteiger partial charge < -0.3 is 9.84 Å². The van der Waals surface area contributed by atoms with Gasteiger partial charge >= 0.3 is 0 Å². The fraction of sp³-hybridized carbons (Fsp3) is 0. The summed E-state index contributed by atoms with van der Waals surface area (Å²) in [5.74, 6) is 1.69. The van der Waals surface area contributed by atoms with Gasteiger partial charge in [-0.3, -0.25) is 5.01 Å². The number of anilines is 1. The van der Waals surface area contributed by atoms with Crippen molar-refractivity contribution in [3.63, 3.8) is 0 Å². The van der Waals surface area contributed by atoms with Crippen LogP contribution in [-0.4, -0.2) is 0 Å². The highest BCUT2D eigenvalue weighted by atomic mass is 16.3. The lowest BCUT2D eigenvalue weighted by atomic mass is 10.0. The predicted octanol–water partition coefficient (Wildman–Crippen LogP) is 6.46. The Bertz CT molecular complexity index is 1410. The lowest BCUT2D eigenvalue weighted by Gasteiger charge is -2.20. The third-order valence-electron chi connectivity index (χ3n) is 5.70. The highest BCUT2D eigenvalue weighted by Crippen LogP contribution is 2.42. The van der Waals surface area contributed by atoms with Crippen molar-refractivity contribution < 1.29 is 4.42 Å². The molecule has 154 valence electrons. The van der Waals surface area contributed by atoms with Gasteiger partial charge in [-0.25, -0.2) is 0 Å². The normalized spacial score (nSPS) is 13.6. The second-order valence-corrected chi connectivity index (χ2v) is 7.67. The molecule has 0 aliphatic carbocycles. The standard InChI is InChI=1S/C28H21N3O/c1-4-12-20(13-5-1)25-26(31(30-29-25)22-16-8-3-9-17-22)28-24-19-11-10-18-23(24)27(32-28)21-14-6-2-7-15-21/h1-19,29-30H. The third kappa shape index (κ3) is 3.06. The van der Waals surface area contributed by atoms with Gasteiger partial charge in [0.2, 0.25) is 0 Å². The third-order valence-corrected chi connectivity index (χ3v) is 5.70. The molecule has 0 saturated carbocycles. The van der Waals surface area contributed by atoms with Gasteiger partial charge in [0.05, 0.1) is 11.4 Å². The van der Waals surface area contributed by atoms with Crippen molar-refractivity contribution in [2.45, 2.75) is 0 Å². The average Bonchev–Trinajstić information content (AvgIpc) is 3.48.